The predicted octanol–water partition coefficient (Wildman–Crippen LogP) is 2.92. The van der Waals surface area contributed by atoms with Crippen molar-refractivity contribution in [1.29, 1.82) is 0 Å². The van der Waals surface area contributed by atoms with Gasteiger partial charge in [-0.15, -0.1) is 0 Å². The van der Waals surface area contributed by atoms with Gasteiger partial charge in [0.25, 0.3) is 0 Å². The molecule has 0 amide bonds. The van der Waals surface area contributed by atoms with Crippen LogP contribution in [0.4, 0.5) is 0 Å². The van der Waals surface area contributed by atoms with Crippen molar-refractivity contribution in [2.45, 2.75) is 63.8 Å². The van der Waals surface area contributed by atoms with Crippen LogP contribution >= 0.6 is 0 Å². The van der Waals surface area contributed by atoms with E-state index in [0.29, 0.717) is 11.7 Å². The van der Waals surface area contributed by atoms with E-state index in [9.17, 15) is 0 Å². The van der Waals surface area contributed by atoms with Crippen molar-refractivity contribution in [3.8, 4) is 0 Å². The lowest BCUT2D eigenvalue weighted by Gasteiger charge is -2.07. The molecule has 0 aromatic carbocycles. The number of hydrogen-bond donors (Lipinski definition) is 1. The molecule has 4 nitrogen and oxygen atoms in total. The number of rotatable bonds is 3. The lowest BCUT2D eigenvalue weighted by atomic mass is 10.0. The van der Waals surface area contributed by atoms with Gasteiger partial charge in [-0.3, -0.25) is 0 Å². The summed E-state index contributed by atoms with van der Waals surface area (Å²) in [5.74, 6) is 1.94. The van der Waals surface area contributed by atoms with Gasteiger partial charge in [0.15, 0.2) is 5.82 Å². The Morgan fingerprint density at radius 2 is 2.00 bits per heavy atom. The Labute approximate surface area is 96.6 Å². The summed E-state index contributed by atoms with van der Waals surface area (Å²) >= 11 is 0. The first kappa shape index (κ1) is 11.6. The number of aromatic nitrogens is 2. The molecule has 4 heteroatoms. The molecule has 1 unspecified atom stereocenters. The van der Waals surface area contributed by atoms with Crippen molar-refractivity contribution >= 4 is 0 Å². The second-order valence-corrected chi connectivity index (χ2v) is 4.69. The van der Waals surface area contributed by atoms with Crippen LogP contribution in [0.3, 0.4) is 0 Å². The van der Waals surface area contributed by atoms with Gasteiger partial charge in [0.1, 0.15) is 0 Å². The first-order chi connectivity index (χ1) is 7.81. The highest BCUT2D eigenvalue weighted by Gasteiger charge is 2.21. The van der Waals surface area contributed by atoms with Crippen LogP contribution in [0, 0.1) is 0 Å². The quantitative estimate of drug-likeness (QED) is 0.800. The van der Waals surface area contributed by atoms with Crippen LogP contribution in [0.1, 0.15) is 75.5 Å². The fourth-order valence-corrected chi connectivity index (χ4v) is 2.27. The zero-order valence-corrected chi connectivity index (χ0v) is 9.98. The molecule has 1 saturated carbocycles. The molecule has 1 fully saturated rings. The summed E-state index contributed by atoms with van der Waals surface area (Å²) in [6, 6.07) is -0.0803. The SMILES string of the molecule is CCC(N)c1noc(C2CCCCCC2)n1. The summed E-state index contributed by atoms with van der Waals surface area (Å²) in [6.45, 7) is 2.03. The molecular formula is C12H21N3O. The highest BCUT2D eigenvalue weighted by Crippen LogP contribution is 2.30. The highest BCUT2D eigenvalue weighted by molar-refractivity contribution is 4.98. The van der Waals surface area contributed by atoms with E-state index in [0.717, 1.165) is 12.3 Å². The molecule has 1 atom stereocenters. The molecule has 2 rings (SSSR count). The van der Waals surface area contributed by atoms with Crippen LogP contribution < -0.4 is 5.73 Å². The third-order valence-electron chi connectivity index (χ3n) is 3.43. The highest BCUT2D eigenvalue weighted by atomic mass is 16.5. The normalized spacial score (nSPS) is 20.6. The maximum atomic E-state index is 5.88. The van der Waals surface area contributed by atoms with Crippen LogP contribution in [0.2, 0.25) is 0 Å². The average Bonchev–Trinajstić information content (AvgIpc) is 2.64. The maximum Gasteiger partial charge on any atom is 0.229 e. The Morgan fingerprint density at radius 3 is 2.62 bits per heavy atom. The molecule has 1 aromatic rings. The largest absolute Gasteiger partial charge is 0.339 e. The van der Waals surface area contributed by atoms with E-state index in [-0.39, 0.29) is 6.04 Å². The van der Waals surface area contributed by atoms with Crippen LogP contribution in [0.5, 0.6) is 0 Å². The number of nitrogens with zero attached hydrogens (tertiary/aromatic N) is 2. The Morgan fingerprint density at radius 1 is 1.31 bits per heavy atom. The van der Waals surface area contributed by atoms with Gasteiger partial charge in [-0.2, -0.15) is 4.98 Å². The minimum Gasteiger partial charge on any atom is -0.339 e. The van der Waals surface area contributed by atoms with Crippen molar-refractivity contribution in [3.05, 3.63) is 11.7 Å². The molecule has 1 aliphatic carbocycles. The Kier molecular flexibility index (Phi) is 3.93. The summed E-state index contributed by atoms with van der Waals surface area (Å²) in [7, 11) is 0. The minimum atomic E-state index is -0.0803. The molecular weight excluding hydrogens is 202 g/mol. The summed E-state index contributed by atoms with van der Waals surface area (Å²) in [4.78, 5) is 4.44. The fraction of sp³-hybridized carbons (Fsp3) is 0.833. The van der Waals surface area contributed by atoms with Gasteiger partial charge in [-0.05, 0) is 19.3 Å². The molecule has 0 aliphatic heterocycles. The predicted molar refractivity (Wildman–Crippen MR) is 62.0 cm³/mol. The van der Waals surface area contributed by atoms with Crippen LogP contribution in [-0.4, -0.2) is 10.1 Å². The fourth-order valence-electron chi connectivity index (χ4n) is 2.27. The van der Waals surface area contributed by atoms with E-state index >= 15 is 0 Å². The third-order valence-corrected chi connectivity index (χ3v) is 3.43. The second kappa shape index (κ2) is 5.43. The zero-order valence-electron chi connectivity index (χ0n) is 9.98. The molecule has 0 spiro atoms. The smallest absolute Gasteiger partial charge is 0.229 e. The molecule has 16 heavy (non-hydrogen) atoms. The van der Waals surface area contributed by atoms with E-state index in [4.69, 9.17) is 10.3 Å². The van der Waals surface area contributed by atoms with Crippen molar-refractivity contribution in [2.75, 3.05) is 0 Å². The average molecular weight is 223 g/mol. The summed E-state index contributed by atoms with van der Waals surface area (Å²) in [5.41, 5.74) is 5.88. The molecule has 0 bridgehead atoms. The standard InChI is InChI=1S/C12H21N3O/c1-2-10(13)11-14-12(16-15-11)9-7-5-3-4-6-8-9/h9-10H,2-8,13H2,1H3. The number of hydrogen-bond acceptors (Lipinski definition) is 4. The molecule has 0 radical (unpaired) electrons. The molecule has 90 valence electrons. The van der Waals surface area contributed by atoms with E-state index < -0.39 is 0 Å². The summed E-state index contributed by atoms with van der Waals surface area (Å²) in [6.07, 6.45) is 8.46. The molecule has 2 N–H and O–H groups in total. The monoisotopic (exact) mass is 223 g/mol. The molecule has 1 aliphatic rings. The van der Waals surface area contributed by atoms with Crippen molar-refractivity contribution in [1.82, 2.24) is 10.1 Å². The van der Waals surface area contributed by atoms with E-state index in [1.807, 2.05) is 6.92 Å². The van der Waals surface area contributed by atoms with Crippen molar-refractivity contribution in [2.24, 2.45) is 5.73 Å². The second-order valence-electron chi connectivity index (χ2n) is 4.69. The van der Waals surface area contributed by atoms with Gasteiger partial charge in [-0.25, -0.2) is 0 Å². The summed E-state index contributed by atoms with van der Waals surface area (Å²) in [5, 5.41) is 3.98. The first-order valence-electron chi connectivity index (χ1n) is 6.40. The van der Waals surface area contributed by atoms with Gasteiger partial charge in [-0.1, -0.05) is 37.8 Å². The van der Waals surface area contributed by atoms with Gasteiger partial charge in [0.05, 0.1) is 6.04 Å². The minimum absolute atomic E-state index is 0.0803. The van der Waals surface area contributed by atoms with Gasteiger partial charge in [0, 0.05) is 5.92 Å². The first-order valence-corrected chi connectivity index (χ1v) is 6.40. The lowest BCUT2D eigenvalue weighted by molar-refractivity contribution is 0.335. The van der Waals surface area contributed by atoms with Gasteiger partial charge in [0.2, 0.25) is 5.89 Å². The van der Waals surface area contributed by atoms with Gasteiger partial charge < -0.3 is 10.3 Å². The Balaban J connectivity index is 2.05. The Bertz CT molecular complexity index is 316. The lowest BCUT2D eigenvalue weighted by Crippen LogP contribution is -2.10. The maximum absolute atomic E-state index is 5.88. The summed E-state index contributed by atoms with van der Waals surface area (Å²) < 4.78 is 5.34. The van der Waals surface area contributed by atoms with Crippen molar-refractivity contribution < 1.29 is 4.52 Å². The van der Waals surface area contributed by atoms with Crippen LogP contribution in [0.15, 0.2) is 4.52 Å². The molecule has 1 aromatic heterocycles. The zero-order chi connectivity index (χ0) is 11.4. The van der Waals surface area contributed by atoms with Crippen molar-refractivity contribution in [3.63, 3.8) is 0 Å². The van der Waals surface area contributed by atoms with Gasteiger partial charge >= 0.3 is 0 Å². The third kappa shape index (κ3) is 2.61. The van der Waals surface area contributed by atoms with E-state index in [2.05, 4.69) is 10.1 Å². The number of nitrogens with two attached hydrogens (primary N) is 1. The molecule has 0 saturated heterocycles. The Hall–Kier alpha value is -0.900. The molecule has 1 heterocycles. The van der Waals surface area contributed by atoms with E-state index in [1.54, 1.807) is 0 Å². The topological polar surface area (TPSA) is 64.9 Å². The van der Waals surface area contributed by atoms with Crippen LogP contribution in [0.25, 0.3) is 0 Å². The van der Waals surface area contributed by atoms with E-state index in [1.165, 1.54) is 38.5 Å². The van der Waals surface area contributed by atoms with Crippen LogP contribution in [-0.2, 0) is 0 Å².